The molecule has 2 fully saturated rings. The van der Waals surface area contributed by atoms with Gasteiger partial charge in [0.1, 0.15) is 5.75 Å². The largest absolute Gasteiger partial charge is 0.497 e. The summed E-state index contributed by atoms with van der Waals surface area (Å²) in [4.78, 5) is 9.82. The first-order valence-electron chi connectivity index (χ1n) is 10.8. The number of guanidine groups is 1. The summed E-state index contributed by atoms with van der Waals surface area (Å²) in [6, 6.07) is 19.2. The molecular weight excluding hydrogens is 376 g/mol. The quantitative estimate of drug-likeness (QED) is 0.588. The number of ether oxygens (including phenoxy) is 2. The van der Waals surface area contributed by atoms with E-state index in [4.69, 9.17) is 14.5 Å². The number of aliphatic imine (C=N–C) groups is 1. The highest BCUT2D eigenvalue weighted by molar-refractivity contribution is 5.80. The second-order valence-electron chi connectivity index (χ2n) is 7.86. The predicted molar refractivity (Wildman–Crippen MR) is 120 cm³/mol. The van der Waals surface area contributed by atoms with E-state index < -0.39 is 0 Å². The van der Waals surface area contributed by atoms with E-state index in [2.05, 4.69) is 64.5 Å². The Labute approximate surface area is 179 Å². The van der Waals surface area contributed by atoms with Gasteiger partial charge in [-0.25, -0.2) is 4.99 Å². The molecule has 0 spiro atoms. The Bertz CT molecular complexity index is 825. The lowest BCUT2D eigenvalue weighted by molar-refractivity contribution is -0.0502. The van der Waals surface area contributed by atoms with Gasteiger partial charge in [-0.1, -0.05) is 42.5 Å². The second kappa shape index (κ2) is 9.96. The average Bonchev–Trinajstić information content (AvgIpc) is 3.23. The molecule has 0 aliphatic carbocycles. The molecule has 6 heteroatoms. The number of hydrogen-bond donors (Lipinski definition) is 1. The Morgan fingerprint density at radius 2 is 1.90 bits per heavy atom. The van der Waals surface area contributed by atoms with Crippen molar-refractivity contribution in [2.45, 2.75) is 32.2 Å². The van der Waals surface area contributed by atoms with Crippen molar-refractivity contribution in [2.24, 2.45) is 4.99 Å². The fourth-order valence-electron chi connectivity index (χ4n) is 4.27. The lowest BCUT2D eigenvalue weighted by Gasteiger charge is -2.36. The molecule has 4 rings (SSSR count). The molecule has 1 N–H and O–H groups in total. The first-order valence-corrected chi connectivity index (χ1v) is 10.8. The van der Waals surface area contributed by atoms with Crippen LogP contribution in [0.1, 0.15) is 18.1 Å². The number of hydrogen-bond acceptors (Lipinski definition) is 4. The number of fused-ring (bicyclic) bond motifs is 1. The SMILES string of the molecule is CCNC(=NCc1ccc(OC)cc1)N1CC2OCCN(Cc3ccccc3)C2C1. The van der Waals surface area contributed by atoms with Gasteiger partial charge in [0.25, 0.3) is 0 Å². The van der Waals surface area contributed by atoms with E-state index in [0.717, 1.165) is 51.0 Å². The number of likely N-dealkylation sites (tertiary alicyclic amines) is 1. The summed E-state index contributed by atoms with van der Waals surface area (Å²) < 4.78 is 11.4. The van der Waals surface area contributed by atoms with Gasteiger partial charge in [-0.2, -0.15) is 0 Å². The van der Waals surface area contributed by atoms with Crippen LogP contribution < -0.4 is 10.1 Å². The molecular formula is C24H32N4O2. The van der Waals surface area contributed by atoms with Gasteiger partial charge in [-0.3, -0.25) is 4.90 Å². The van der Waals surface area contributed by atoms with Gasteiger partial charge in [0, 0.05) is 32.7 Å². The molecule has 2 aromatic rings. The summed E-state index contributed by atoms with van der Waals surface area (Å²) >= 11 is 0. The number of nitrogens with zero attached hydrogens (tertiary/aromatic N) is 3. The van der Waals surface area contributed by atoms with Gasteiger partial charge >= 0.3 is 0 Å². The Kier molecular flexibility index (Phi) is 6.87. The van der Waals surface area contributed by atoms with E-state index in [1.807, 2.05) is 12.1 Å². The number of benzene rings is 2. The Morgan fingerprint density at radius 1 is 1.10 bits per heavy atom. The number of morpholine rings is 1. The van der Waals surface area contributed by atoms with E-state index in [1.165, 1.54) is 11.1 Å². The minimum Gasteiger partial charge on any atom is -0.497 e. The van der Waals surface area contributed by atoms with Gasteiger partial charge in [-0.05, 0) is 30.2 Å². The van der Waals surface area contributed by atoms with E-state index in [0.29, 0.717) is 12.6 Å². The summed E-state index contributed by atoms with van der Waals surface area (Å²) in [5.41, 5.74) is 2.53. The number of nitrogens with one attached hydrogen (secondary N) is 1. The molecule has 0 radical (unpaired) electrons. The Hall–Kier alpha value is -2.57. The monoisotopic (exact) mass is 408 g/mol. The molecule has 2 saturated heterocycles. The lowest BCUT2D eigenvalue weighted by atomic mass is 10.1. The minimum atomic E-state index is 0.229. The molecule has 0 bridgehead atoms. The fourth-order valence-corrected chi connectivity index (χ4v) is 4.27. The smallest absolute Gasteiger partial charge is 0.194 e. The molecule has 2 unspecified atom stereocenters. The minimum absolute atomic E-state index is 0.229. The van der Waals surface area contributed by atoms with Crippen LogP contribution >= 0.6 is 0 Å². The van der Waals surface area contributed by atoms with E-state index in [-0.39, 0.29) is 6.10 Å². The molecule has 6 nitrogen and oxygen atoms in total. The van der Waals surface area contributed by atoms with Crippen molar-refractivity contribution in [3.05, 3.63) is 65.7 Å². The van der Waals surface area contributed by atoms with Crippen molar-refractivity contribution >= 4 is 5.96 Å². The molecule has 2 aliphatic rings. The standard InChI is InChI=1S/C24H32N4O2/c1-3-25-24(26-15-19-9-11-21(29-2)12-10-19)28-17-22-23(18-28)30-14-13-27(22)16-20-7-5-4-6-8-20/h4-12,22-23H,3,13-18H2,1-2H3,(H,25,26). The van der Waals surface area contributed by atoms with Crippen LogP contribution in [-0.4, -0.2) is 67.8 Å². The highest BCUT2D eigenvalue weighted by Gasteiger charge is 2.41. The zero-order chi connectivity index (χ0) is 20.8. The molecule has 2 heterocycles. The predicted octanol–water partition coefficient (Wildman–Crippen LogP) is 2.75. The van der Waals surface area contributed by atoms with Crippen LogP contribution in [-0.2, 0) is 17.8 Å². The topological polar surface area (TPSA) is 49.3 Å². The van der Waals surface area contributed by atoms with E-state index >= 15 is 0 Å². The van der Waals surface area contributed by atoms with Crippen LogP contribution in [0.3, 0.4) is 0 Å². The van der Waals surface area contributed by atoms with Crippen molar-refractivity contribution in [3.63, 3.8) is 0 Å². The van der Waals surface area contributed by atoms with Crippen LogP contribution in [0, 0.1) is 0 Å². The summed E-state index contributed by atoms with van der Waals surface area (Å²) in [5.74, 6) is 1.83. The molecule has 2 aromatic carbocycles. The van der Waals surface area contributed by atoms with Crippen LogP contribution in [0.5, 0.6) is 5.75 Å². The summed E-state index contributed by atoms with van der Waals surface area (Å²) in [6.45, 7) is 8.17. The van der Waals surface area contributed by atoms with Gasteiger partial charge in [-0.15, -0.1) is 0 Å². The molecule has 30 heavy (non-hydrogen) atoms. The van der Waals surface area contributed by atoms with Crippen LogP contribution in [0.2, 0.25) is 0 Å². The summed E-state index contributed by atoms with van der Waals surface area (Å²) in [6.07, 6.45) is 0.229. The van der Waals surface area contributed by atoms with Gasteiger partial charge in [0.05, 0.1) is 32.4 Å². The molecule has 0 amide bonds. The molecule has 2 aliphatic heterocycles. The Balaban J connectivity index is 1.43. The zero-order valence-corrected chi connectivity index (χ0v) is 18.0. The lowest BCUT2D eigenvalue weighted by Crippen LogP contribution is -2.50. The van der Waals surface area contributed by atoms with Crippen molar-refractivity contribution < 1.29 is 9.47 Å². The summed E-state index contributed by atoms with van der Waals surface area (Å²) in [5, 5.41) is 3.47. The second-order valence-corrected chi connectivity index (χ2v) is 7.86. The van der Waals surface area contributed by atoms with Crippen LogP contribution in [0.25, 0.3) is 0 Å². The molecule has 0 saturated carbocycles. The average molecular weight is 409 g/mol. The van der Waals surface area contributed by atoms with Crippen molar-refractivity contribution in [3.8, 4) is 5.75 Å². The van der Waals surface area contributed by atoms with Gasteiger partial charge < -0.3 is 19.7 Å². The normalized spacial score (nSPS) is 22.1. The molecule has 2 atom stereocenters. The first-order chi connectivity index (χ1) is 14.8. The first kappa shape index (κ1) is 20.7. The molecule has 160 valence electrons. The molecule has 0 aromatic heterocycles. The fraction of sp³-hybridized carbons (Fsp3) is 0.458. The third-order valence-electron chi connectivity index (χ3n) is 5.85. The van der Waals surface area contributed by atoms with E-state index in [1.54, 1.807) is 7.11 Å². The zero-order valence-electron chi connectivity index (χ0n) is 18.0. The third kappa shape index (κ3) is 4.94. The van der Waals surface area contributed by atoms with Crippen LogP contribution in [0.15, 0.2) is 59.6 Å². The third-order valence-corrected chi connectivity index (χ3v) is 5.85. The van der Waals surface area contributed by atoms with Gasteiger partial charge in [0.2, 0.25) is 0 Å². The van der Waals surface area contributed by atoms with Crippen molar-refractivity contribution in [1.82, 2.24) is 15.1 Å². The maximum Gasteiger partial charge on any atom is 0.194 e. The number of rotatable bonds is 6. The van der Waals surface area contributed by atoms with Crippen molar-refractivity contribution in [1.29, 1.82) is 0 Å². The summed E-state index contributed by atoms with van der Waals surface area (Å²) in [7, 11) is 1.69. The Morgan fingerprint density at radius 3 is 2.63 bits per heavy atom. The van der Waals surface area contributed by atoms with Gasteiger partial charge in [0.15, 0.2) is 5.96 Å². The maximum absolute atomic E-state index is 6.14. The highest BCUT2D eigenvalue weighted by atomic mass is 16.5. The van der Waals surface area contributed by atoms with Crippen LogP contribution in [0.4, 0.5) is 0 Å². The number of methoxy groups -OCH3 is 1. The highest BCUT2D eigenvalue weighted by Crippen LogP contribution is 2.25. The van der Waals surface area contributed by atoms with Crippen molar-refractivity contribution in [2.75, 3.05) is 39.9 Å². The van der Waals surface area contributed by atoms with E-state index in [9.17, 15) is 0 Å². The maximum atomic E-state index is 6.14.